The van der Waals surface area contributed by atoms with Crippen molar-refractivity contribution >= 4 is 10.9 Å². The molecule has 0 aliphatic heterocycles. The van der Waals surface area contributed by atoms with Crippen molar-refractivity contribution in [2.75, 3.05) is 0 Å². The Hall–Kier alpha value is -2.07. The topological polar surface area (TPSA) is 34.8 Å². The van der Waals surface area contributed by atoms with E-state index >= 15 is 0 Å². The molecule has 2 heterocycles. The van der Waals surface area contributed by atoms with E-state index in [0.29, 0.717) is 0 Å². The highest BCUT2D eigenvalue weighted by atomic mass is 15.1. The Labute approximate surface area is 119 Å². The lowest BCUT2D eigenvalue weighted by Gasteiger charge is -2.08. The third-order valence-corrected chi connectivity index (χ3v) is 4.00. The standard InChI is InChI=1S/C16H20N4/c1-12-13-6-4-5-7-14(13)20(3)15(12)10-17-11-16-18-8-9-19(16)2/h4-9,17H,10-11H2,1-3H3. The van der Waals surface area contributed by atoms with Gasteiger partial charge in [-0.25, -0.2) is 4.98 Å². The molecule has 4 heteroatoms. The van der Waals surface area contributed by atoms with Crippen LogP contribution in [0.1, 0.15) is 17.1 Å². The largest absolute Gasteiger partial charge is 0.346 e. The Kier molecular flexibility index (Phi) is 3.32. The van der Waals surface area contributed by atoms with Crippen LogP contribution in [0.4, 0.5) is 0 Å². The lowest BCUT2D eigenvalue weighted by molar-refractivity contribution is 0.617. The monoisotopic (exact) mass is 268 g/mol. The van der Waals surface area contributed by atoms with Gasteiger partial charge >= 0.3 is 0 Å². The highest BCUT2D eigenvalue weighted by Crippen LogP contribution is 2.24. The highest BCUT2D eigenvalue weighted by Gasteiger charge is 2.10. The number of benzene rings is 1. The van der Waals surface area contributed by atoms with E-state index in [1.54, 1.807) is 0 Å². The van der Waals surface area contributed by atoms with Gasteiger partial charge in [-0.2, -0.15) is 0 Å². The molecule has 0 bridgehead atoms. The summed E-state index contributed by atoms with van der Waals surface area (Å²) in [6, 6.07) is 8.55. The number of imidazole rings is 1. The van der Waals surface area contributed by atoms with E-state index in [2.05, 4.69) is 53.1 Å². The van der Waals surface area contributed by atoms with Crippen molar-refractivity contribution < 1.29 is 0 Å². The Balaban J connectivity index is 1.79. The maximum absolute atomic E-state index is 4.33. The van der Waals surface area contributed by atoms with Crippen molar-refractivity contribution in [3.8, 4) is 0 Å². The van der Waals surface area contributed by atoms with E-state index in [9.17, 15) is 0 Å². The molecule has 1 aromatic carbocycles. The molecule has 1 N–H and O–H groups in total. The summed E-state index contributed by atoms with van der Waals surface area (Å²) >= 11 is 0. The molecule has 0 unspecified atom stereocenters. The number of para-hydroxylation sites is 1. The van der Waals surface area contributed by atoms with Gasteiger partial charge in [-0.15, -0.1) is 0 Å². The van der Waals surface area contributed by atoms with Gasteiger partial charge in [-0.3, -0.25) is 0 Å². The van der Waals surface area contributed by atoms with Crippen LogP contribution in [0, 0.1) is 6.92 Å². The molecule has 0 radical (unpaired) electrons. The highest BCUT2D eigenvalue weighted by molar-refractivity contribution is 5.85. The number of hydrogen-bond acceptors (Lipinski definition) is 2. The molecule has 0 fully saturated rings. The Morgan fingerprint density at radius 3 is 2.65 bits per heavy atom. The zero-order valence-electron chi connectivity index (χ0n) is 12.2. The molecule has 3 rings (SSSR count). The van der Waals surface area contributed by atoms with Gasteiger partial charge in [0.2, 0.25) is 0 Å². The predicted octanol–water partition coefficient (Wildman–Crippen LogP) is 2.51. The maximum Gasteiger partial charge on any atom is 0.122 e. The van der Waals surface area contributed by atoms with Crippen LogP contribution < -0.4 is 5.32 Å². The molecule has 0 aliphatic rings. The fourth-order valence-corrected chi connectivity index (χ4v) is 2.75. The first-order valence-corrected chi connectivity index (χ1v) is 6.88. The van der Waals surface area contributed by atoms with Crippen LogP contribution in [0.2, 0.25) is 0 Å². The van der Waals surface area contributed by atoms with Crippen molar-refractivity contribution in [1.29, 1.82) is 0 Å². The number of hydrogen-bond donors (Lipinski definition) is 1. The molecular weight excluding hydrogens is 248 g/mol. The van der Waals surface area contributed by atoms with Gasteiger partial charge in [-0.1, -0.05) is 18.2 Å². The minimum atomic E-state index is 0.782. The molecule has 0 saturated carbocycles. The van der Waals surface area contributed by atoms with Crippen molar-refractivity contribution in [2.24, 2.45) is 14.1 Å². The number of nitrogens with one attached hydrogen (secondary N) is 1. The van der Waals surface area contributed by atoms with Crippen molar-refractivity contribution in [2.45, 2.75) is 20.0 Å². The summed E-state index contributed by atoms with van der Waals surface area (Å²) in [6.45, 7) is 3.83. The van der Waals surface area contributed by atoms with Gasteiger partial charge in [-0.05, 0) is 18.6 Å². The van der Waals surface area contributed by atoms with Gasteiger partial charge in [0.05, 0.1) is 6.54 Å². The number of aromatic nitrogens is 3. The zero-order valence-corrected chi connectivity index (χ0v) is 12.2. The minimum Gasteiger partial charge on any atom is -0.346 e. The minimum absolute atomic E-state index is 0.782. The Morgan fingerprint density at radius 2 is 1.95 bits per heavy atom. The molecule has 0 aliphatic carbocycles. The first kappa shape index (κ1) is 12.9. The van der Waals surface area contributed by atoms with Gasteiger partial charge in [0, 0.05) is 49.6 Å². The average molecular weight is 268 g/mol. The number of rotatable bonds is 4. The third kappa shape index (κ3) is 2.12. The summed E-state index contributed by atoms with van der Waals surface area (Å²) in [5.41, 5.74) is 3.98. The van der Waals surface area contributed by atoms with Crippen molar-refractivity contribution in [1.82, 2.24) is 19.4 Å². The lowest BCUT2D eigenvalue weighted by Crippen LogP contribution is -2.17. The summed E-state index contributed by atoms with van der Waals surface area (Å²) in [5.74, 6) is 1.06. The van der Waals surface area contributed by atoms with Crippen molar-refractivity contribution in [3.05, 3.63) is 53.7 Å². The maximum atomic E-state index is 4.33. The van der Waals surface area contributed by atoms with Crippen molar-refractivity contribution in [3.63, 3.8) is 0 Å². The molecule has 0 spiro atoms. The van der Waals surface area contributed by atoms with E-state index in [1.807, 2.05) is 24.0 Å². The predicted molar refractivity (Wildman–Crippen MR) is 81.4 cm³/mol. The molecule has 0 saturated heterocycles. The molecule has 0 atom stereocenters. The summed E-state index contributed by atoms with van der Waals surface area (Å²) in [5, 5.41) is 4.82. The van der Waals surface area contributed by atoms with Gasteiger partial charge < -0.3 is 14.5 Å². The smallest absolute Gasteiger partial charge is 0.122 e. The molecule has 3 aromatic rings. The van der Waals surface area contributed by atoms with Crippen LogP contribution in [0.15, 0.2) is 36.7 Å². The van der Waals surface area contributed by atoms with E-state index in [1.165, 1.54) is 22.2 Å². The number of aryl methyl sites for hydroxylation is 3. The Morgan fingerprint density at radius 1 is 1.15 bits per heavy atom. The quantitative estimate of drug-likeness (QED) is 0.789. The lowest BCUT2D eigenvalue weighted by atomic mass is 10.1. The molecule has 2 aromatic heterocycles. The molecule has 0 amide bonds. The average Bonchev–Trinajstić information content (AvgIpc) is 2.97. The number of fused-ring (bicyclic) bond motifs is 1. The van der Waals surface area contributed by atoms with Crippen LogP contribution >= 0.6 is 0 Å². The Bertz CT molecular complexity index is 697. The first-order valence-electron chi connectivity index (χ1n) is 6.88. The number of nitrogens with zero attached hydrogens (tertiary/aromatic N) is 3. The first-order chi connectivity index (χ1) is 9.68. The molecule has 4 nitrogen and oxygen atoms in total. The fraction of sp³-hybridized carbons (Fsp3) is 0.312. The van der Waals surface area contributed by atoms with E-state index < -0.39 is 0 Å². The SMILES string of the molecule is Cc1c(CNCc2nccn2C)n(C)c2ccccc12. The van der Waals surface area contributed by atoms with Gasteiger partial charge in [0.15, 0.2) is 0 Å². The van der Waals surface area contributed by atoms with Gasteiger partial charge in [0.25, 0.3) is 0 Å². The van der Waals surface area contributed by atoms with Crippen LogP contribution in [0.25, 0.3) is 10.9 Å². The summed E-state index contributed by atoms with van der Waals surface area (Å²) in [7, 11) is 4.15. The van der Waals surface area contributed by atoms with E-state index in [0.717, 1.165) is 18.9 Å². The second kappa shape index (κ2) is 5.13. The second-order valence-electron chi connectivity index (χ2n) is 5.21. The molecular formula is C16H20N4. The summed E-state index contributed by atoms with van der Waals surface area (Å²) in [6.07, 6.45) is 3.80. The summed E-state index contributed by atoms with van der Waals surface area (Å²) in [4.78, 5) is 4.33. The molecule has 20 heavy (non-hydrogen) atoms. The fourth-order valence-electron chi connectivity index (χ4n) is 2.75. The van der Waals surface area contributed by atoms with Gasteiger partial charge in [0.1, 0.15) is 5.82 Å². The van der Waals surface area contributed by atoms with Crippen LogP contribution in [-0.4, -0.2) is 14.1 Å². The summed E-state index contributed by atoms with van der Waals surface area (Å²) < 4.78 is 4.32. The third-order valence-electron chi connectivity index (χ3n) is 4.00. The second-order valence-corrected chi connectivity index (χ2v) is 5.21. The van der Waals surface area contributed by atoms with E-state index in [-0.39, 0.29) is 0 Å². The zero-order chi connectivity index (χ0) is 14.1. The van der Waals surface area contributed by atoms with Crippen LogP contribution in [0.3, 0.4) is 0 Å². The molecule has 104 valence electrons. The van der Waals surface area contributed by atoms with Crippen LogP contribution in [-0.2, 0) is 27.2 Å². The van der Waals surface area contributed by atoms with E-state index in [4.69, 9.17) is 0 Å². The normalized spacial score (nSPS) is 11.3. The van der Waals surface area contributed by atoms with Crippen LogP contribution in [0.5, 0.6) is 0 Å².